The number of hydrogen-bond donors (Lipinski definition) is 0. The largest absolute Gasteiger partial charge is 0.456 e. The first-order valence-corrected chi connectivity index (χ1v) is 18.8. The van der Waals surface area contributed by atoms with Crippen molar-refractivity contribution in [2.75, 3.05) is 0 Å². The Labute approximate surface area is 322 Å². The number of fused-ring (bicyclic) bond motifs is 6. The molecule has 0 spiro atoms. The Hall–Kier alpha value is -7.63. The van der Waals surface area contributed by atoms with Crippen LogP contribution in [0, 0.1) is 0 Å². The van der Waals surface area contributed by atoms with Gasteiger partial charge >= 0.3 is 0 Å². The monoisotopic (exact) mass is 716 g/mol. The summed E-state index contributed by atoms with van der Waals surface area (Å²) in [4.78, 5) is 15.6. The molecule has 11 rings (SSSR count). The first-order valence-electron chi connectivity index (χ1n) is 18.8. The van der Waals surface area contributed by atoms with Gasteiger partial charge in [0.2, 0.25) is 5.95 Å². The second kappa shape index (κ2) is 13.0. The highest BCUT2D eigenvalue weighted by Crippen LogP contribution is 2.39. The fourth-order valence-electron chi connectivity index (χ4n) is 8.01. The number of benzene rings is 8. The fourth-order valence-corrected chi connectivity index (χ4v) is 8.01. The molecule has 3 heterocycles. The molecule has 5 nitrogen and oxygen atoms in total. The predicted molar refractivity (Wildman–Crippen MR) is 229 cm³/mol. The van der Waals surface area contributed by atoms with E-state index in [-0.39, 0.29) is 0 Å². The van der Waals surface area contributed by atoms with Gasteiger partial charge in [0.05, 0.1) is 11.0 Å². The minimum absolute atomic E-state index is 0.558. The molecule has 0 saturated heterocycles. The lowest BCUT2D eigenvalue weighted by Crippen LogP contribution is -2.06. The highest BCUT2D eigenvalue weighted by molar-refractivity contribution is 6.13. The van der Waals surface area contributed by atoms with E-state index in [4.69, 9.17) is 19.4 Å². The normalized spacial score (nSPS) is 11.6. The molecule has 0 fully saturated rings. The maximum atomic E-state index is 6.25. The fraction of sp³-hybridized carbons (Fsp3) is 0. The molecule has 56 heavy (non-hydrogen) atoms. The summed E-state index contributed by atoms with van der Waals surface area (Å²) in [7, 11) is 0. The molecule has 0 bridgehead atoms. The lowest BCUT2D eigenvalue weighted by Gasteiger charge is -2.12. The molecule has 11 aromatic rings. The second-order valence-electron chi connectivity index (χ2n) is 14.0. The number of hydrogen-bond acceptors (Lipinski definition) is 4. The van der Waals surface area contributed by atoms with Crippen molar-refractivity contribution in [1.29, 1.82) is 0 Å². The smallest absolute Gasteiger partial charge is 0.238 e. The zero-order valence-corrected chi connectivity index (χ0v) is 30.2. The van der Waals surface area contributed by atoms with E-state index in [1.165, 1.54) is 11.1 Å². The van der Waals surface area contributed by atoms with Crippen LogP contribution in [0.25, 0.3) is 106 Å². The third-order valence-electron chi connectivity index (χ3n) is 10.7. The lowest BCUT2D eigenvalue weighted by atomic mass is 9.98. The van der Waals surface area contributed by atoms with Gasteiger partial charge in [-0.15, -0.1) is 0 Å². The summed E-state index contributed by atoms with van der Waals surface area (Å²) in [5.74, 6) is 1.76. The molecule has 0 aliphatic carbocycles. The van der Waals surface area contributed by atoms with Crippen LogP contribution in [0.5, 0.6) is 0 Å². The van der Waals surface area contributed by atoms with E-state index in [0.29, 0.717) is 17.6 Å². The van der Waals surface area contributed by atoms with Crippen LogP contribution in [0.2, 0.25) is 0 Å². The van der Waals surface area contributed by atoms with Crippen LogP contribution in [0.4, 0.5) is 0 Å². The second-order valence-corrected chi connectivity index (χ2v) is 14.0. The number of furan rings is 1. The van der Waals surface area contributed by atoms with Gasteiger partial charge in [0.1, 0.15) is 11.2 Å². The summed E-state index contributed by atoms with van der Waals surface area (Å²) in [6.07, 6.45) is 0. The molecule has 0 N–H and O–H groups in total. The molecule has 0 atom stereocenters. The molecule has 8 aromatic carbocycles. The maximum Gasteiger partial charge on any atom is 0.238 e. The van der Waals surface area contributed by atoms with Crippen molar-refractivity contribution >= 4 is 43.7 Å². The van der Waals surface area contributed by atoms with Crippen LogP contribution in [0.3, 0.4) is 0 Å². The molecule has 5 heteroatoms. The van der Waals surface area contributed by atoms with Gasteiger partial charge in [-0.1, -0.05) is 152 Å². The standard InChI is InChI=1S/C51H32N4O/c1-4-14-33(15-5-1)36-26-28-44-42(31-36)43-32-37(34-16-6-2-7-17-34)27-29-45(43)55(44)51-53-49(35-18-8-3-9-19-35)52-50(54-51)39-21-12-20-38(30-39)40-23-13-25-47-48(40)41-22-10-11-24-46(41)56-47/h1-32H. The molecule has 262 valence electrons. The molecule has 0 unspecified atom stereocenters. The van der Waals surface area contributed by atoms with Gasteiger partial charge in [-0.25, -0.2) is 4.98 Å². The maximum absolute atomic E-state index is 6.25. The van der Waals surface area contributed by atoms with E-state index >= 15 is 0 Å². The van der Waals surface area contributed by atoms with E-state index < -0.39 is 0 Å². The molecule has 0 saturated carbocycles. The number of aromatic nitrogens is 4. The highest BCUT2D eigenvalue weighted by atomic mass is 16.3. The minimum Gasteiger partial charge on any atom is -0.456 e. The van der Waals surface area contributed by atoms with Crippen LogP contribution in [-0.2, 0) is 0 Å². The zero-order valence-electron chi connectivity index (χ0n) is 30.2. The Morgan fingerprint density at radius 2 is 0.857 bits per heavy atom. The summed E-state index contributed by atoms with van der Waals surface area (Å²) in [6.45, 7) is 0. The van der Waals surface area contributed by atoms with Crippen molar-refractivity contribution in [2.24, 2.45) is 0 Å². The van der Waals surface area contributed by atoms with Crippen molar-refractivity contribution in [2.45, 2.75) is 0 Å². The van der Waals surface area contributed by atoms with E-state index in [1.807, 2.05) is 48.5 Å². The lowest BCUT2D eigenvalue weighted by molar-refractivity contribution is 0.669. The summed E-state index contributed by atoms with van der Waals surface area (Å²) < 4.78 is 8.44. The van der Waals surface area contributed by atoms with E-state index in [1.54, 1.807) is 0 Å². The van der Waals surface area contributed by atoms with Crippen molar-refractivity contribution in [3.63, 3.8) is 0 Å². The highest BCUT2D eigenvalue weighted by Gasteiger charge is 2.20. The minimum atomic E-state index is 0.558. The Bertz CT molecular complexity index is 3140. The van der Waals surface area contributed by atoms with Gasteiger partial charge in [-0.2, -0.15) is 9.97 Å². The van der Waals surface area contributed by atoms with Crippen molar-refractivity contribution in [3.05, 3.63) is 194 Å². The Kier molecular flexibility index (Phi) is 7.42. The van der Waals surface area contributed by atoms with Gasteiger partial charge in [-0.05, 0) is 75.8 Å². The Balaban J connectivity index is 1.14. The van der Waals surface area contributed by atoms with Crippen LogP contribution in [0.1, 0.15) is 0 Å². The van der Waals surface area contributed by atoms with E-state index in [2.05, 4.69) is 150 Å². The van der Waals surface area contributed by atoms with Crippen LogP contribution in [0.15, 0.2) is 199 Å². The van der Waals surface area contributed by atoms with Crippen LogP contribution in [-0.4, -0.2) is 19.5 Å². The number of nitrogens with zero attached hydrogens (tertiary/aromatic N) is 4. The number of para-hydroxylation sites is 1. The summed E-state index contributed by atoms with van der Waals surface area (Å²) in [5.41, 5.74) is 12.4. The molecule has 0 aliphatic heterocycles. The molecule has 0 amide bonds. The average molecular weight is 717 g/mol. The molecule has 3 aromatic heterocycles. The topological polar surface area (TPSA) is 56.7 Å². The molecular weight excluding hydrogens is 685 g/mol. The van der Waals surface area contributed by atoms with E-state index in [0.717, 1.165) is 77.1 Å². The predicted octanol–water partition coefficient (Wildman–Crippen LogP) is 13.2. The third-order valence-corrected chi connectivity index (χ3v) is 10.7. The summed E-state index contributed by atoms with van der Waals surface area (Å²) >= 11 is 0. The van der Waals surface area contributed by atoms with Crippen molar-refractivity contribution in [1.82, 2.24) is 19.5 Å². The molecular formula is C51H32N4O. The SMILES string of the molecule is c1ccc(-c2ccc3c(c2)c2cc(-c4ccccc4)ccc2n3-c2nc(-c3ccccc3)nc(-c3cccc(-c4cccc5oc6ccccc6c45)c3)n2)cc1. The summed E-state index contributed by atoms with van der Waals surface area (Å²) in [5, 5.41) is 4.45. The van der Waals surface area contributed by atoms with Crippen LogP contribution < -0.4 is 0 Å². The average Bonchev–Trinajstić information content (AvgIpc) is 3.82. The molecule has 0 aliphatic rings. The van der Waals surface area contributed by atoms with Gasteiger partial charge in [0, 0.05) is 32.7 Å². The Morgan fingerprint density at radius 3 is 1.52 bits per heavy atom. The first-order chi connectivity index (χ1) is 27.7. The van der Waals surface area contributed by atoms with Gasteiger partial charge < -0.3 is 4.42 Å². The number of rotatable bonds is 6. The Morgan fingerprint density at radius 1 is 0.339 bits per heavy atom. The van der Waals surface area contributed by atoms with E-state index in [9.17, 15) is 0 Å². The third kappa shape index (κ3) is 5.37. The zero-order chi connectivity index (χ0) is 37.0. The van der Waals surface area contributed by atoms with Crippen LogP contribution >= 0.6 is 0 Å². The summed E-state index contributed by atoms with van der Waals surface area (Å²) in [6, 6.07) is 67.5. The van der Waals surface area contributed by atoms with Gasteiger partial charge in [0.25, 0.3) is 0 Å². The van der Waals surface area contributed by atoms with Crippen molar-refractivity contribution in [3.8, 4) is 62.1 Å². The van der Waals surface area contributed by atoms with Gasteiger partial charge in [-0.3, -0.25) is 4.57 Å². The quantitative estimate of drug-likeness (QED) is 0.172. The van der Waals surface area contributed by atoms with Crippen molar-refractivity contribution < 1.29 is 4.42 Å². The molecule has 0 radical (unpaired) electrons. The first kappa shape index (κ1) is 31.9. The van der Waals surface area contributed by atoms with Gasteiger partial charge in [0.15, 0.2) is 11.6 Å².